The molecule has 0 saturated heterocycles. The first-order valence-electron chi connectivity index (χ1n) is 7.26. The summed E-state index contributed by atoms with van der Waals surface area (Å²) in [5.74, 6) is -10.6. The number of nitriles is 1. The summed E-state index contributed by atoms with van der Waals surface area (Å²) in [5, 5.41) is 8.67. The minimum Gasteiger partial charge on any atom is -0.321 e. The third-order valence-corrected chi connectivity index (χ3v) is 4.15. The van der Waals surface area contributed by atoms with Crippen molar-refractivity contribution in [1.82, 2.24) is 4.57 Å². The topological polar surface area (TPSA) is 50.1 Å². The Labute approximate surface area is 143 Å². The molecule has 0 saturated carbocycles. The van der Waals surface area contributed by atoms with Gasteiger partial charge in [0.15, 0.2) is 0 Å². The van der Waals surface area contributed by atoms with Gasteiger partial charge in [-0.1, -0.05) is 0 Å². The van der Waals surface area contributed by atoms with E-state index in [4.69, 9.17) is 11.8 Å². The fourth-order valence-corrected chi connectivity index (χ4v) is 2.88. The highest BCUT2D eigenvalue weighted by Crippen LogP contribution is 2.42. The monoisotopic (exact) mass is 365 g/mol. The van der Waals surface area contributed by atoms with Crippen LogP contribution in [-0.4, -0.2) is 16.3 Å². The van der Waals surface area contributed by atoms with Crippen LogP contribution in [0.25, 0.3) is 10.5 Å². The molecule has 0 unspecified atom stereocenters. The van der Waals surface area contributed by atoms with Crippen LogP contribution >= 0.6 is 0 Å². The lowest BCUT2D eigenvalue weighted by atomic mass is 9.89. The van der Waals surface area contributed by atoms with Gasteiger partial charge in [0.2, 0.25) is 11.5 Å². The van der Waals surface area contributed by atoms with Crippen LogP contribution in [0.5, 0.6) is 0 Å². The molecule has 4 nitrogen and oxygen atoms in total. The van der Waals surface area contributed by atoms with Gasteiger partial charge in [0.25, 0.3) is 0 Å². The molecule has 0 aliphatic heterocycles. The van der Waals surface area contributed by atoms with Gasteiger partial charge in [-0.3, -0.25) is 4.79 Å². The number of alkyl halides is 4. The maximum atomic E-state index is 14.0. The Balaban J connectivity index is 2.31. The number of benzene rings is 1. The van der Waals surface area contributed by atoms with Crippen molar-refractivity contribution >= 4 is 11.5 Å². The average Bonchev–Trinajstić information content (AvgIpc) is 2.99. The minimum absolute atomic E-state index is 0.0478. The number of hydrogen-bond acceptors (Lipinski definition) is 2. The molecular formula is C17H8F5N3O. The molecule has 1 aromatic heterocycles. The number of ketones is 1. The Kier molecular flexibility index (Phi) is 3.84. The van der Waals surface area contributed by atoms with E-state index in [0.717, 1.165) is 22.8 Å². The smallest absolute Gasteiger partial charge is 0.321 e. The van der Waals surface area contributed by atoms with Crippen molar-refractivity contribution in [3.63, 3.8) is 0 Å². The van der Waals surface area contributed by atoms with Crippen LogP contribution in [0.1, 0.15) is 28.0 Å². The molecule has 9 heteroatoms. The Morgan fingerprint density at radius 3 is 2.65 bits per heavy atom. The molecule has 0 fully saturated rings. The molecule has 1 heterocycles. The van der Waals surface area contributed by atoms with E-state index in [1.807, 2.05) is 0 Å². The molecule has 0 atom stereocenters. The van der Waals surface area contributed by atoms with Crippen molar-refractivity contribution < 1.29 is 26.7 Å². The number of nitrogens with zero attached hydrogens (tertiary/aromatic N) is 3. The van der Waals surface area contributed by atoms with E-state index in [2.05, 4.69) is 4.85 Å². The maximum absolute atomic E-state index is 14.0. The van der Waals surface area contributed by atoms with E-state index in [0.29, 0.717) is 12.3 Å². The summed E-state index contributed by atoms with van der Waals surface area (Å²) < 4.78 is 69.9. The molecule has 0 spiro atoms. The molecular weight excluding hydrogens is 357 g/mol. The normalized spacial score (nSPS) is 15.9. The largest absolute Gasteiger partial charge is 0.359 e. The van der Waals surface area contributed by atoms with Crippen molar-refractivity contribution in [3.05, 3.63) is 58.5 Å². The van der Waals surface area contributed by atoms with Gasteiger partial charge in [-0.25, -0.2) is 9.24 Å². The molecule has 1 aliphatic carbocycles. The van der Waals surface area contributed by atoms with Gasteiger partial charge in [0.05, 0.1) is 17.7 Å². The maximum Gasteiger partial charge on any atom is 0.359 e. The van der Waals surface area contributed by atoms with Crippen LogP contribution in [0.15, 0.2) is 24.4 Å². The zero-order valence-electron chi connectivity index (χ0n) is 12.9. The van der Waals surface area contributed by atoms with E-state index < -0.39 is 53.1 Å². The molecule has 1 aromatic carbocycles. The molecule has 0 radical (unpaired) electrons. The first kappa shape index (κ1) is 17.6. The molecule has 1 aliphatic rings. The number of carbonyl (C=O) groups is 1. The van der Waals surface area contributed by atoms with Crippen molar-refractivity contribution in [2.45, 2.75) is 24.7 Å². The number of Topliss-reactive ketones (excluding diaryl/α,β-unsaturated/α-hetero) is 1. The van der Waals surface area contributed by atoms with Gasteiger partial charge in [-0.15, -0.1) is 0 Å². The van der Waals surface area contributed by atoms with Crippen LogP contribution in [0, 0.1) is 23.7 Å². The number of halogens is 5. The number of hydrogen-bond donors (Lipinski definition) is 0. The second-order valence-electron chi connectivity index (χ2n) is 5.70. The SMILES string of the molecule is [C-]#[N+]c1cc(-n2cc(C(F)(F)C#N)c3c2CCC(F)(F)C3=O)ccc1F. The average molecular weight is 365 g/mol. The summed E-state index contributed by atoms with van der Waals surface area (Å²) in [6, 6.07) is 3.84. The predicted octanol–water partition coefficient (Wildman–Crippen LogP) is 4.55. The van der Waals surface area contributed by atoms with Crippen molar-refractivity contribution in [2.75, 3.05) is 0 Å². The van der Waals surface area contributed by atoms with E-state index in [9.17, 15) is 26.7 Å². The van der Waals surface area contributed by atoms with Crippen molar-refractivity contribution in [3.8, 4) is 11.8 Å². The molecule has 3 rings (SSSR count). The quantitative estimate of drug-likeness (QED) is 0.579. The lowest BCUT2D eigenvalue weighted by Crippen LogP contribution is -2.35. The van der Waals surface area contributed by atoms with Gasteiger partial charge < -0.3 is 4.57 Å². The molecule has 0 bridgehead atoms. The zero-order valence-corrected chi connectivity index (χ0v) is 12.9. The zero-order chi connectivity index (χ0) is 19.3. The van der Waals surface area contributed by atoms with E-state index in [-0.39, 0.29) is 11.4 Å². The molecule has 2 aromatic rings. The fraction of sp³-hybridized carbons (Fsp3) is 0.235. The van der Waals surface area contributed by atoms with E-state index in [1.54, 1.807) is 0 Å². The molecule has 0 N–H and O–H groups in total. The molecule has 132 valence electrons. The summed E-state index contributed by atoms with van der Waals surface area (Å²) in [4.78, 5) is 15.0. The van der Waals surface area contributed by atoms with Gasteiger partial charge in [-0.2, -0.15) is 22.8 Å². The van der Waals surface area contributed by atoms with Gasteiger partial charge in [-0.05, 0) is 24.6 Å². The highest BCUT2D eigenvalue weighted by atomic mass is 19.3. The minimum atomic E-state index is -4.17. The van der Waals surface area contributed by atoms with Crippen molar-refractivity contribution in [1.29, 1.82) is 5.26 Å². The Morgan fingerprint density at radius 1 is 1.35 bits per heavy atom. The Hall–Kier alpha value is -3.20. The van der Waals surface area contributed by atoms with Crippen LogP contribution < -0.4 is 0 Å². The third-order valence-electron chi connectivity index (χ3n) is 4.15. The lowest BCUT2D eigenvalue weighted by Gasteiger charge is -2.23. The molecule has 26 heavy (non-hydrogen) atoms. The first-order chi connectivity index (χ1) is 12.1. The lowest BCUT2D eigenvalue weighted by molar-refractivity contribution is 0.000399. The first-order valence-corrected chi connectivity index (χ1v) is 7.26. The summed E-state index contributed by atoms with van der Waals surface area (Å²) in [5.41, 5.74) is -2.51. The fourth-order valence-electron chi connectivity index (χ4n) is 2.88. The number of fused-ring (bicyclic) bond motifs is 1. The highest BCUT2D eigenvalue weighted by molar-refractivity contribution is 6.05. The second kappa shape index (κ2) is 5.67. The summed E-state index contributed by atoms with van der Waals surface area (Å²) in [6.07, 6.45) is -0.564. The standard InChI is InChI=1S/C17H8F5N3O/c1-24-12-6-9(2-3-11(12)18)25-7-10(17(21,22)8-23)14-13(25)4-5-16(19,20)15(14)26/h2-3,6-7H,4-5H2. The van der Waals surface area contributed by atoms with Crippen LogP contribution in [0.2, 0.25) is 0 Å². The van der Waals surface area contributed by atoms with Crippen LogP contribution in [0.4, 0.5) is 27.6 Å². The number of carbonyl (C=O) groups excluding carboxylic acids is 1. The number of aromatic nitrogens is 1. The van der Waals surface area contributed by atoms with Gasteiger partial charge >= 0.3 is 11.8 Å². The van der Waals surface area contributed by atoms with E-state index in [1.165, 1.54) is 0 Å². The van der Waals surface area contributed by atoms with Gasteiger partial charge in [0, 0.05) is 24.0 Å². The van der Waals surface area contributed by atoms with Gasteiger partial charge in [0.1, 0.15) is 11.9 Å². The van der Waals surface area contributed by atoms with Crippen LogP contribution in [-0.2, 0) is 12.3 Å². The summed E-state index contributed by atoms with van der Waals surface area (Å²) in [6.45, 7) is 6.91. The summed E-state index contributed by atoms with van der Waals surface area (Å²) >= 11 is 0. The second-order valence-corrected chi connectivity index (χ2v) is 5.70. The van der Waals surface area contributed by atoms with Crippen LogP contribution in [0.3, 0.4) is 0 Å². The molecule has 0 amide bonds. The summed E-state index contributed by atoms with van der Waals surface area (Å²) in [7, 11) is 0. The van der Waals surface area contributed by atoms with Crippen molar-refractivity contribution in [2.24, 2.45) is 0 Å². The Bertz CT molecular complexity index is 1010. The Morgan fingerprint density at radius 2 is 2.04 bits per heavy atom. The highest BCUT2D eigenvalue weighted by Gasteiger charge is 2.50. The van der Waals surface area contributed by atoms with E-state index >= 15 is 0 Å². The third kappa shape index (κ3) is 2.53. The predicted molar refractivity (Wildman–Crippen MR) is 79.1 cm³/mol. The number of rotatable bonds is 2.